The SMILES string of the molecule is CC(=O)N1CCNC[C@H]1C(C)C.[HH]. The van der Waals surface area contributed by atoms with E-state index in [1.165, 1.54) is 0 Å². The summed E-state index contributed by atoms with van der Waals surface area (Å²) in [5.74, 6) is 0.747. The zero-order chi connectivity index (χ0) is 9.14. The normalized spacial score (nSPS) is 24.7. The highest BCUT2D eigenvalue weighted by Crippen LogP contribution is 2.12. The van der Waals surface area contributed by atoms with Gasteiger partial charge < -0.3 is 10.2 Å². The van der Waals surface area contributed by atoms with Gasteiger partial charge in [-0.1, -0.05) is 13.8 Å². The van der Waals surface area contributed by atoms with Gasteiger partial charge in [0.25, 0.3) is 0 Å². The highest BCUT2D eigenvalue weighted by molar-refractivity contribution is 5.73. The van der Waals surface area contributed by atoms with Crippen molar-refractivity contribution in [1.29, 1.82) is 0 Å². The van der Waals surface area contributed by atoms with Crippen LogP contribution in [0.1, 0.15) is 22.2 Å². The van der Waals surface area contributed by atoms with Gasteiger partial charge >= 0.3 is 0 Å². The van der Waals surface area contributed by atoms with Crippen LogP contribution >= 0.6 is 0 Å². The standard InChI is InChI=1S/C9H18N2O.H2/c1-7(2)9-6-10-4-5-11(9)8(3)12;/h7,9-10H,4-6H2,1-3H3;1H/t9-;/m0./s1. The molecule has 0 saturated carbocycles. The monoisotopic (exact) mass is 172 g/mol. The Bertz CT molecular complexity index is 173. The maximum atomic E-state index is 11.2. The van der Waals surface area contributed by atoms with E-state index < -0.39 is 0 Å². The van der Waals surface area contributed by atoms with E-state index in [1.54, 1.807) is 6.92 Å². The van der Waals surface area contributed by atoms with E-state index in [0.717, 1.165) is 19.6 Å². The third kappa shape index (κ3) is 1.97. The smallest absolute Gasteiger partial charge is 0.219 e. The van der Waals surface area contributed by atoms with Crippen LogP contribution in [0.25, 0.3) is 0 Å². The zero-order valence-corrected chi connectivity index (χ0v) is 8.13. The Kier molecular flexibility index (Phi) is 3.09. The highest BCUT2D eigenvalue weighted by atomic mass is 16.2. The third-order valence-electron chi connectivity index (χ3n) is 2.46. The van der Waals surface area contributed by atoms with E-state index in [1.807, 2.05) is 4.90 Å². The Morgan fingerprint density at radius 1 is 1.67 bits per heavy atom. The molecule has 0 aromatic rings. The lowest BCUT2D eigenvalue weighted by Crippen LogP contribution is -2.55. The molecular formula is C9H20N2O. The van der Waals surface area contributed by atoms with Crippen LogP contribution in [0, 0.1) is 5.92 Å². The van der Waals surface area contributed by atoms with Crippen molar-refractivity contribution in [2.75, 3.05) is 19.6 Å². The number of piperazine rings is 1. The fourth-order valence-electron chi connectivity index (χ4n) is 1.71. The lowest BCUT2D eigenvalue weighted by atomic mass is 10.0. The Morgan fingerprint density at radius 3 is 2.75 bits per heavy atom. The Hall–Kier alpha value is -0.570. The fraction of sp³-hybridized carbons (Fsp3) is 0.889. The van der Waals surface area contributed by atoms with Crippen molar-refractivity contribution in [2.24, 2.45) is 5.92 Å². The van der Waals surface area contributed by atoms with Gasteiger partial charge in [-0.2, -0.15) is 0 Å². The molecule has 1 atom stereocenters. The third-order valence-corrected chi connectivity index (χ3v) is 2.46. The second-order valence-corrected chi connectivity index (χ2v) is 3.73. The molecule has 0 spiro atoms. The van der Waals surface area contributed by atoms with Crippen molar-refractivity contribution in [3.05, 3.63) is 0 Å². The number of nitrogens with one attached hydrogen (secondary N) is 1. The van der Waals surface area contributed by atoms with Crippen molar-refractivity contribution < 1.29 is 6.22 Å². The first-order valence-electron chi connectivity index (χ1n) is 4.61. The number of carbonyl (C=O) groups is 1. The molecule has 0 unspecified atom stereocenters. The highest BCUT2D eigenvalue weighted by Gasteiger charge is 2.26. The fourth-order valence-corrected chi connectivity index (χ4v) is 1.71. The van der Waals surface area contributed by atoms with E-state index in [4.69, 9.17) is 0 Å². The van der Waals surface area contributed by atoms with Gasteiger partial charge in [0.05, 0.1) is 0 Å². The summed E-state index contributed by atoms with van der Waals surface area (Å²) in [7, 11) is 0. The van der Waals surface area contributed by atoms with Crippen LogP contribution in [0.5, 0.6) is 0 Å². The summed E-state index contributed by atoms with van der Waals surface area (Å²) in [5, 5.41) is 3.31. The van der Waals surface area contributed by atoms with E-state index in [-0.39, 0.29) is 7.33 Å². The summed E-state index contributed by atoms with van der Waals surface area (Å²) in [6.45, 7) is 8.71. The maximum absolute atomic E-state index is 11.2. The number of nitrogens with zero attached hydrogens (tertiary/aromatic N) is 1. The van der Waals surface area contributed by atoms with Crippen LogP contribution in [-0.2, 0) is 4.79 Å². The molecule has 1 aliphatic rings. The molecule has 0 aromatic carbocycles. The van der Waals surface area contributed by atoms with Crippen molar-refractivity contribution in [3.8, 4) is 0 Å². The van der Waals surface area contributed by atoms with Crippen LogP contribution in [0.3, 0.4) is 0 Å². The topological polar surface area (TPSA) is 32.3 Å². The summed E-state index contributed by atoms with van der Waals surface area (Å²) in [6, 6.07) is 0.385. The van der Waals surface area contributed by atoms with Crippen molar-refractivity contribution in [3.63, 3.8) is 0 Å². The molecule has 0 aliphatic carbocycles. The predicted octanol–water partition coefficient (Wildman–Crippen LogP) is 0.709. The molecule has 0 radical (unpaired) electrons. The first-order chi connectivity index (χ1) is 5.63. The summed E-state index contributed by atoms with van der Waals surface area (Å²) >= 11 is 0. The minimum atomic E-state index is 0. The molecule has 0 aromatic heterocycles. The van der Waals surface area contributed by atoms with Crippen LogP contribution in [0.2, 0.25) is 0 Å². The second kappa shape index (κ2) is 3.90. The van der Waals surface area contributed by atoms with E-state index in [2.05, 4.69) is 19.2 Å². The van der Waals surface area contributed by atoms with Gasteiger partial charge in [-0.25, -0.2) is 0 Å². The average Bonchev–Trinajstić information content (AvgIpc) is 2.04. The lowest BCUT2D eigenvalue weighted by Gasteiger charge is -2.38. The summed E-state index contributed by atoms with van der Waals surface area (Å²) < 4.78 is 0. The van der Waals surface area contributed by atoms with Gasteiger partial charge in [-0.3, -0.25) is 4.79 Å². The molecule has 1 amide bonds. The Labute approximate surface area is 75.6 Å². The van der Waals surface area contributed by atoms with Gasteiger partial charge in [0.2, 0.25) is 5.91 Å². The number of amides is 1. The molecule has 1 heterocycles. The molecule has 3 heteroatoms. The van der Waals surface area contributed by atoms with Gasteiger partial charge in [-0.05, 0) is 5.92 Å². The molecule has 3 nitrogen and oxygen atoms in total. The van der Waals surface area contributed by atoms with E-state index in [9.17, 15) is 4.79 Å². The summed E-state index contributed by atoms with van der Waals surface area (Å²) in [6.07, 6.45) is 0. The molecule has 1 aliphatic heterocycles. The van der Waals surface area contributed by atoms with Crippen molar-refractivity contribution >= 4 is 5.91 Å². The molecule has 0 bridgehead atoms. The average molecular weight is 172 g/mol. The van der Waals surface area contributed by atoms with E-state index >= 15 is 0 Å². The van der Waals surface area contributed by atoms with Crippen LogP contribution < -0.4 is 5.32 Å². The minimum absolute atomic E-state index is 0. The molecule has 1 fully saturated rings. The largest absolute Gasteiger partial charge is 0.337 e. The Balaban J connectivity index is 0.00000144. The molecule has 72 valence electrons. The summed E-state index contributed by atoms with van der Waals surface area (Å²) in [4.78, 5) is 13.2. The van der Waals surface area contributed by atoms with Crippen molar-refractivity contribution in [1.82, 2.24) is 10.2 Å². The molecule has 1 N–H and O–H groups in total. The van der Waals surface area contributed by atoms with Crippen LogP contribution in [-0.4, -0.2) is 36.5 Å². The second-order valence-electron chi connectivity index (χ2n) is 3.73. The molecular weight excluding hydrogens is 152 g/mol. The minimum Gasteiger partial charge on any atom is -0.337 e. The summed E-state index contributed by atoms with van der Waals surface area (Å²) in [5.41, 5.74) is 0. The lowest BCUT2D eigenvalue weighted by molar-refractivity contribution is -0.132. The van der Waals surface area contributed by atoms with Gasteiger partial charge in [0.1, 0.15) is 0 Å². The van der Waals surface area contributed by atoms with Crippen molar-refractivity contribution in [2.45, 2.75) is 26.8 Å². The Morgan fingerprint density at radius 2 is 2.33 bits per heavy atom. The van der Waals surface area contributed by atoms with Gasteiger partial charge in [0.15, 0.2) is 0 Å². The predicted molar refractivity (Wildman–Crippen MR) is 51.0 cm³/mol. The quantitative estimate of drug-likeness (QED) is 0.631. The first-order valence-corrected chi connectivity index (χ1v) is 4.61. The first kappa shape index (κ1) is 9.52. The van der Waals surface area contributed by atoms with Gasteiger partial charge in [-0.15, -0.1) is 0 Å². The number of hydrogen-bond donors (Lipinski definition) is 1. The maximum Gasteiger partial charge on any atom is 0.219 e. The number of hydrogen-bond acceptors (Lipinski definition) is 2. The van der Waals surface area contributed by atoms with Gasteiger partial charge in [0, 0.05) is 34.0 Å². The molecule has 12 heavy (non-hydrogen) atoms. The molecule has 1 rings (SSSR count). The van der Waals surface area contributed by atoms with Crippen LogP contribution in [0.4, 0.5) is 0 Å². The zero-order valence-electron chi connectivity index (χ0n) is 8.13. The van der Waals surface area contributed by atoms with Crippen LogP contribution in [0.15, 0.2) is 0 Å². The van der Waals surface area contributed by atoms with E-state index in [0.29, 0.717) is 12.0 Å². The molecule has 1 saturated heterocycles. The number of rotatable bonds is 1. The number of carbonyl (C=O) groups excluding carboxylic acids is 1.